The first-order valence-corrected chi connectivity index (χ1v) is 13.6. The molecule has 0 radical (unpaired) electrons. The van der Waals surface area contributed by atoms with E-state index in [2.05, 4.69) is 0 Å². The van der Waals surface area contributed by atoms with Crippen molar-refractivity contribution in [2.24, 2.45) is 0 Å². The van der Waals surface area contributed by atoms with E-state index in [1.807, 2.05) is 13.0 Å². The molecule has 0 saturated carbocycles. The van der Waals surface area contributed by atoms with E-state index < -0.39 is 40.4 Å². The average molecular weight is 520 g/mol. The molecule has 0 aliphatic rings. The molecule has 0 N–H and O–H groups in total. The minimum absolute atomic E-state index is 0.353. The summed E-state index contributed by atoms with van der Waals surface area (Å²) in [7, 11) is 1.44. The Morgan fingerprint density at radius 3 is 1.65 bits per heavy atom. The number of carbonyl (C=O) groups is 3. The van der Waals surface area contributed by atoms with Crippen LogP contribution in [0.15, 0.2) is 12.1 Å². The Kier molecular flexibility index (Phi) is 6.54. The predicted molar refractivity (Wildman–Crippen MR) is 83.2 cm³/mol. The van der Waals surface area contributed by atoms with E-state index in [4.69, 9.17) is 12.8 Å². The summed E-state index contributed by atoms with van der Waals surface area (Å²) in [6.07, 6.45) is 0. The van der Waals surface area contributed by atoms with Gasteiger partial charge in [0.1, 0.15) is 0 Å². The summed E-state index contributed by atoms with van der Waals surface area (Å²) in [5.74, 6) is -1.74. The summed E-state index contributed by atoms with van der Waals surface area (Å²) in [6.45, 7) is 7.10. The number of hydrogen-bond acceptors (Lipinski definition) is 7. The van der Waals surface area contributed by atoms with Crippen LogP contribution in [0.4, 0.5) is 0 Å². The van der Waals surface area contributed by atoms with Crippen LogP contribution < -0.4 is 7.86 Å². The molecule has 0 atom stereocenters. The van der Waals surface area contributed by atoms with Gasteiger partial charge in [0.15, 0.2) is 0 Å². The van der Waals surface area contributed by atoms with Crippen molar-refractivity contribution >= 4 is 43.6 Å². The summed E-state index contributed by atoms with van der Waals surface area (Å²) in [4.78, 5) is 34.8. The van der Waals surface area contributed by atoms with E-state index in [1.165, 1.54) is 7.11 Å². The van der Waals surface area contributed by atoms with Gasteiger partial charge in [-0.25, -0.2) is 0 Å². The third-order valence-corrected chi connectivity index (χ3v) is 14.2. The van der Waals surface area contributed by atoms with Crippen LogP contribution in [0.5, 0.6) is 5.75 Å². The Labute approximate surface area is 141 Å². The molecule has 0 unspecified atom stereocenters. The van der Waals surface area contributed by atoms with Crippen molar-refractivity contribution in [1.82, 2.24) is 0 Å². The fourth-order valence-electron chi connectivity index (χ4n) is 2.27. The Morgan fingerprint density at radius 1 is 0.870 bits per heavy atom. The van der Waals surface area contributed by atoms with Crippen LogP contribution in [-0.2, 0) is 22.4 Å². The molecule has 0 saturated heterocycles. The first-order valence-electron chi connectivity index (χ1n) is 6.85. The van der Waals surface area contributed by atoms with Crippen LogP contribution in [0.1, 0.15) is 31.9 Å². The number of aryl methyl sites for hydroxylation is 2. The van der Waals surface area contributed by atoms with Crippen molar-refractivity contribution in [3.05, 3.63) is 23.3 Å². The maximum atomic E-state index is 11.6. The number of methoxy groups -OCH3 is 1. The zero-order valence-electron chi connectivity index (χ0n) is 14.0. The van der Waals surface area contributed by atoms with Crippen molar-refractivity contribution < 1.29 is 27.2 Å². The zero-order valence-corrected chi connectivity index (χ0v) is 17.9. The Bertz CT molecular complexity index is 598. The molecule has 0 aromatic heterocycles. The molecule has 0 bridgehead atoms. The topological polar surface area (TPSA) is 88.1 Å². The second kappa shape index (κ2) is 7.75. The van der Waals surface area contributed by atoms with Gasteiger partial charge >= 0.3 is 141 Å². The molecule has 0 fully saturated rings. The van der Waals surface area contributed by atoms with Crippen LogP contribution in [0, 0.1) is 13.8 Å². The summed E-state index contributed by atoms with van der Waals surface area (Å²) in [5, 5.41) is 0. The Morgan fingerprint density at radius 2 is 1.30 bits per heavy atom. The van der Waals surface area contributed by atoms with E-state index in [-0.39, 0.29) is 0 Å². The number of hydrogen-bond donors (Lipinski definition) is 0. The average Bonchev–Trinajstić information content (AvgIpc) is 2.34. The van der Waals surface area contributed by atoms with Gasteiger partial charge in [0, 0.05) is 0 Å². The normalized spacial score (nSPS) is 10.7. The monoisotopic (exact) mass is 520 g/mol. The van der Waals surface area contributed by atoms with Crippen LogP contribution in [0.3, 0.4) is 0 Å². The van der Waals surface area contributed by atoms with Gasteiger partial charge in [-0.15, -0.1) is 0 Å². The van der Waals surface area contributed by atoms with Gasteiger partial charge < -0.3 is 0 Å². The number of carbonyl (C=O) groups excluding carboxylic acids is 3. The second-order valence-corrected chi connectivity index (χ2v) is 13.6. The summed E-state index contributed by atoms with van der Waals surface area (Å²) in [6, 6.07) is 3.51. The van der Waals surface area contributed by atoms with Gasteiger partial charge in [0.25, 0.3) is 0 Å². The number of ether oxygens (including phenoxy) is 1. The van der Waals surface area contributed by atoms with Crippen molar-refractivity contribution in [1.29, 1.82) is 0 Å². The van der Waals surface area contributed by atoms with E-state index in [1.54, 1.807) is 13.0 Å². The molecular weight excluding hydrogens is 499 g/mol. The first kappa shape index (κ1) is 19.4. The van der Waals surface area contributed by atoms with Crippen LogP contribution in [0.2, 0.25) is 0 Å². The van der Waals surface area contributed by atoms with Crippen molar-refractivity contribution in [3.8, 4) is 5.75 Å². The molecule has 0 spiro atoms. The number of rotatable bonds is 5. The van der Waals surface area contributed by atoms with E-state index in [0.717, 1.165) is 26.3 Å². The first-order chi connectivity index (χ1) is 10.6. The van der Waals surface area contributed by atoms with E-state index in [9.17, 15) is 14.4 Å². The maximum absolute atomic E-state index is 11.6. The van der Waals surface area contributed by atoms with Crippen molar-refractivity contribution in [2.75, 3.05) is 7.11 Å². The molecule has 0 heterocycles. The summed E-state index contributed by atoms with van der Waals surface area (Å²) < 4.78 is 21.7. The molecule has 1 aromatic rings. The van der Waals surface area contributed by atoms with Gasteiger partial charge in [-0.05, 0) is 0 Å². The van der Waals surface area contributed by atoms with Crippen LogP contribution >= 0.6 is 0 Å². The number of benzene rings is 1. The van der Waals surface area contributed by atoms with E-state index >= 15 is 0 Å². The Balaban J connectivity index is 3.69. The van der Waals surface area contributed by atoms with Gasteiger partial charge in [0.05, 0.1) is 0 Å². The molecule has 7 nitrogen and oxygen atoms in total. The quantitative estimate of drug-likeness (QED) is 0.540. The standard InChI is InChI=1S/C9H11O.3C2H4O2.Pb/c1-7-4-8(2)6-9(5-7)10-3;3*1-2(3)4;/h4-5H,1-3H3;3*1H3,(H,3,4);/q;;;;+3/p-3. The predicted octanol–water partition coefficient (Wildman–Crippen LogP) is 1.15. The molecule has 0 aliphatic heterocycles. The SMILES string of the molecule is COc1cc(C)cc(C)[c]1[Pb]([O]C(C)=O)([O]C(C)=O)[O]C(C)=O. The molecule has 8 heteroatoms. The fraction of sp³-hybridized carbons (Fsp3) is 0.400. The molecule has 1 rings (SSSR count). The van der Waals surface area contributed by atoms with Crippen LogP contribution in [-0.4, -0.2) is 47.5 Å². The van der Waals surface area contributed by atoms with Gasteiger partial charge in [-0.2, -0.15) is 0 Å². The zero-order chi connectivity index (χ0) is 17.8. The van der Waals surface area contributed by atoms with Gasteiger partial charge in [-0.3, -0.25) is 0 Å². The fourth-order valence-corrected chi connectivity index (χ4v) is 12.4. The molecule has 23 heavy (non-hydrogen) atoms. The van der Waals surface area contributed by atoms with Gasteiger partial charge in [0.2, 0.25) is 0 Å². The van der Waals surface area contributed by atoms with Gasteiger partial charge in [-0.1, -0.05) is 0 Å². The molecule has 126 valence electrons. The van der Waals surface area contributed by atoms with Crippen LogP contribution in [0.25, 0.3) is 0 Å². The molecular formula is C15H20O7Pb. The third-order valence-electron chi connectivity index (χ3n) is 2.80. The van der Waals surface area contributed by atoms with E-state index in [0.29, 0.717) is 14.4 Å². The Hall–Kier alpha value is -1.65. The minimum atomic E-state index is -5.26. The third kappa shape index (κ3) is 4.91. The van der Waals surface area contributed by atoms with Crippen molar-refractivity contribution in [3.63, 3.8) is 0 Å². The molecule has 0 amide bonds. The molecule has 0 aliphatic carbocycles. The second-order valence-electron chi connectivity index (χ2n) is 5.00. The summed E-state index contributed by atoms with van der Waals surface area (Å²) >= 11 is -5.26. The molecule has 1 aromatic carbocycles. The van der Waals surface area contributed by atoms with Crippen molar-refractivity contribution in [2.45, 2.75) is 34.6 Å². The summed E-state index contributed by atoms with van der Waals surface area (Å²) in [5.41, 5.74) is 1.56.